The van der Waals surface area contributed by atoms with Gasteiger partial charge in [0.2, 0.25) is 0 Å². The van der Waals surface area contributed by atoms with E-state index in [-0.39, 0.29) is 11.5 Å². The van der Waals surface area contributed by atoms with Gasteiger partial charge in [0.25, 0.3) is 0 Å². The molecule has 0 aliphatic carbocycles. The van der Waals surface area contributed by atoms with E-state index in [1.54, 1.807) is 32.2 Å². The third-order valence-electron chi connectivity index (χ3n) is 2.76. The number of carbonyl (C=O) groups is 1. The predicted molar refractivity (Wildman–Crippen MR) is 74.1 cm³/mol. The van der Waals surface area contributed by atoms with Crippen molar-refractivity contribution in [3.8, 4) is 11.5 Å². The van der Waals surface area contributed by atoms with Crippen LogP contribution in [0.15, 0.2) is 18.2 Å². The van der Waals surface area contributed by atoms with Crippen LogP contribution in [0.3, 0.4) is 0 Å². The second kappa shape index (κ2) is 8.39. The molecule has 0 amide bonds. The molecule has 6 heteroatoms. The summed E-state index contributed by atoms with van der Waals surface area (Å²) in [6.45, 7) is 3.22. The number of ether oxygens (including phenoxy) is 2. The van der Waals surface area contributed by atoms with Crippen molar-refractivity contribution in [1.82, 2.24) is 5.32 Å². The van der Waals surface area contributed by atoms with Crippen LogP contribution in [0.2, 0.25) is 0 Å². The van der Waals surface area contributed by atoms with Gasteiger partial charge in [0.1, 0.15) is 6.04 Å². The average molecular weight is 283 g/mol. The minimum Gasteiger partial charge on any atom is -0.504 e. The minimum absolute atomic E-state index is 0.138. The van der Waals surface area contributed by atoms with Crippen molar-refractivity contribution in [1.29, 1.82) is 0 Å². The molecule has 1 rings (SSSR count). The number of methoxy groups -OCH3 is 1. The highest BCUT2D eigenvalue weighted by Crippen LogP contribution is 2.33. The third kappa shape index (κ3) is 4.40. The molecule has 0 aliphatic rings. The Kier molecular flexibility index (Phi) is 6.83. The highest BCUT2D eigenvalue weighted by atomic mass is 16.5. The Hall–Kier alpha value is -1.79. The summed E-state index contributed by atoms with van der Waals surface area (Å²) in [6.07, 6.45) is 0.687. The average Bonchev–Trinajstić information content (AvgIpc) is 2.42. The summed E-state index contributed by atoms with van der Waals surface area (Å²) in [6, 6.07) is 3.85. The molecule has 0 bridgehead atoms. The topological polar surface area (TPSA) is 88.0 Å². The lowest BCUT2D eigenvalue weighted by atomic mass is 10.0. The fraction of sp³-hybridized carbons (Fsp3) is 0.500. The molecule has 0 spiro atoms. The SMILES string of the molecule is CCOc1cccc(C(NCCCOC)C(=O)O)c1O. The van der Waals surface area contributed by atoms with E-state index in [9.17, 15) is 15.0 Å². The number of aromatic hydroxyl groups is 1. The van der Waals surface area contributed by atoms with Crippen molar-refractivity contribution in [2.75, 3.05) is 26.9 Å². The number of benzene rings is 1. The van der Waals surface area contributed by atoms with Crippen LogP contribution in [-0.4, -0.2) is 43.1 Å². The molecular weight excluding hydrogens is 262 g/mol. The van der Waals surface area contributed by atoms with Gasteiger partial charge < -0.3 is 25.0 Å². The lowest BCUT2D eigenvalue weighted by Gasteiger charge is -2.17. The second-order valence-corrected chi connectivity index (χ2v) is 4.20. The summed E-state index contributed by atoms with van der Waals surface area (Å²) in [5, 5.41) is 22.3. The summed E-state index contributed by atoms with van der Waals surface area (Å²) in [4.78, 5) is 11.3. The Morgan fingerprint density at radius 3 is 2.80 bits per heavy atom. The van der Waals surface area contributed by atoms with Gasteiger partial charge in [0, 0.05) is 19.3 Å². The molecule has 1 unspecified atom stereocenters. The first-order valence-electron chi connectivity index (χ1n) is 6.51. The molecule has 0 aromatic heterocycles. The van der Waals surface area contributed by atoms with E-state index in [1.807, 2.05) is 0 Å². The normalized spacial score (nSPS) is 12.1. The van der Waals surface area contributed by atoms with Gasteiger partial charge in [-0.2, -0.15) is 0 Å². The fourth-order valence-electron chi connectivity index (χ4n) is 1.84. The predicted octanol–water partition coefficient (Wildman–Crippen LogP) is 1.54. The van der Waals surface area contributed by atoms with Crippen LogP contribution in [0.1, 0.15) is 24.9 Å². The van der Waals surface area contributed by atoms with Gasteiger partial charge in [-0.1, -0.05) is 12.1 Å². The van der Waals surface area contributed by atoms with E-state index in [0.29, 0.717) is 31.7 Å². The number of phenols is 1. The Labute approximate surface area is 118 Å². The zero-order valence-corrected chi connectivity index (χ0v) is 11.8. The number of carboxylic acids is 1. The van der Waals surface area contributed by atoms with Crippen LogP contribution < -0.4 is 10.1 Å². The highest BCUT2D eigenvalue weighted by molar-refractivity contribution is 5.77. The molecule has 0 saturated carbocycles. The van der Waals surface area contributed by atoms with Crippen LogP contribution in [-0.2, 0) is 9.53 Å². The van der Waals surface area contributed by atoms with Crippen LogP contribution in [0.4, 0.5) is 0 Å². The van der Waals surface area contributed by atoms with Crippen molar-refractivity contribution in [2.45, 2.75) is 19.4 Å². The summed E-state index contributed by atoms with van der Waals surface area (Å²) >= 11 is 0. The molecule has 1 atom stereocenters. The molecule has 0 fully saturated rings. The number of hydrogen-bond acceptors (Lipinski definition) is 5. The number of hydrogen-bond donors (Lipinski definition) is 3. The van der Waals surface area contributed by atoms with Gasteiger partial charge in [0.15, 0.2) is 11.5 Å². The second-order valence-electron chi connectivity index (χ2n) is 4.20. The number of carboxylic acid groups (broad SMARTS) is 1. The van der Waals surface area contributed by atoms with Crippen LogP contribution >= 0.6 is 0 Å². The maximum absolute atomic E-state index is 11.3. The van der Waals surface area contributed by atoms with Crippen molar-refractivity contribution in [2.24, 2.45) is 0 Å². The first kappa shape index (κ1) is 16.3. The monoisotopic (exact) mass is 283 g/mol. The lowest BCUT2D eigenvalue weighted by molar-refractivity contribution is -0.139. The number of para-hydroxylation sites is 1. The van der Waals surface area contributed by atoms with Gasteiger partial charge in [-0.05, 0) is 26.0 Å². The molecule has 1 aromatic rings. The number of rotatable bonds is 9. The molecule has 3 N–H and O–H groups in total. The van der Waals surface area contributed by atoms with E-state index in [4.69, 9.17) is 9.47 Å². The third-order valence-corrected chi connectivity index (χ3v) is 2.76. The molecule has 6 nitrogen and oxygen atoms in total. The Balaban J connectivity index is 2.86. The molecule has 0 aliphatic heterocycles. The van der Waals surface area contributed by atoms with E-state index in [0.717, 1.165) is 0 Å². The van der Waals surface area contributed by atoms with Crippen LogP contribution in [0.5, 0.6) is 11.5 Å². The van der Waals surface area contributed by atoms with Crippen molar-refractivity contribution < 1.29 is 24.5 Å². The summed E-state index contributed by atoms with van der Waals surface area (Å²) in [5.74, 6) is -0.901. The zero-order valence-electron chi connectivity index (χ0n) is 11.8. The quantitative estimate of drug-likeness (QED) is 0.596. The van der Waals surface area contributed by atoms with E-state index in [2.05, 4.69) is 5.32 Å². The Morgan fingerprint density at radius 2 is 2.20 bits per heavy atom. The van der Waals surface area contributed by atoms with Gasteiger partial charge in [-0.3, -0.25) is 4.79 Å². The van der Waals surface area contributed by atoms with Crippen LogP contribution in [0, 0.1) is 0 Å². The highest BCUT2D eigenvalue weighted by Gasteiger charge is 2.23. The smallest absolute Gasteiger partial charge is 0.325 e. The summed E-state index contributed by atoms with van der Waals surface area (Å²) in [5.41, 5.74) is 0.292. The Bertz CT molecular complexity index is 436. The fourth-order valence-corrected chi connectivity index (χ4v) is 1.84. The summed E-state index contributed by atoms with van der Waals surface area (Å²) in [7, 11) is 1.59. The van der Waals surface area contributed by atoms with E-state index < -0.39 is 12.0 Å². The minimum atomic E-state index is -1.05. The van der Waals surface area contributed by atoms with Gasteiger partial charge in [0.05, 0.1) is 6.61 Å². The maximum Gasteiger partial charge on any atom is 0.325 e. The Morgan fingerprint density at radius 1 is 1.45 bits per heavy atom. The van der Waals surface area contributed by atoms with Crippen molar-refractivity contribution in [3.63, 3.8) is 0 Å². The molecule has 0 heterocycles. The lowest BCUT2D eigenvalue weighted by Crippen LogP contribution is -2.29. The molecule has 112 valence electrons. The first-order chi connectivity index (χ1) is 9.61. The molecule has 20 heavy (non-hydrogen) atoms. The molecular formula is C14H21NO5. The molecule has 0 saturated heterocycles. The number of aliphatic carboxylic acids is 1. The summed E-state index contributed by atoms with van der Waals surface area (Å²) < 4.78 is 10.2. The first-order valence-corrected chi connectivity index (χ1v) is 6.51. The van der Waals surface area contributed by atoms with Crippen LogP contribution in [0.25, 0.3) is 0 Å². The van der Waals surface area contributed by atoms with Gasteiger partial charge >= 0.3 is 5.97 Å². The van der Waals surface area contributed by atoms with Gasteiger partial charge in [-0.15, -0.1) is 0 Å². The number of nitrogens with one attached hydrogen (secondary N) is 1. The maximum atomic E-state index is 11.3. The van der Waals surface area contributed by atoms with Crippen molar-refractivity contribution >= 4 is 5.97 Å². The zero-order chi connectivity index (χ0) is 15.0. The van der Waals surface area contributed by atoms with Crippen molar-refractivity contribution in [3.05, 3.63) is 23.8 Å². The number of phenolic OH excluding ortho intramolecular Hbond substituents is 1. The van der Waals surface area contributed by atoms with E-state index >= 15 is 0 Å². The molecule has 0 radical (unpaired) electrons. The standard InChI is InChI=1S/C14H21NO5/c1-3-20-11-7-4-6-10(13(11)16)12(14(17)18)15-8-5-9-19-2/h4,6-7,12,15-16H,3,5,8-9H2,1-2H3,(H,17,18). The van der Waals surface area contributed by atoms with Gasteiger partial charge in [-0.25, -0.2) is 0 Å². The van der Waals surface area contributed by atoms with E-state index in [1.165, 1.54) is 0 Å². The molecule has 1 aromatic carbocycles. The largest absolute Gasteiger partial charge is 0.504 e.